The summed E-state index contributed by atoms with van der Waals surface area (Å²) in [5.41, 5.74) is 4.47. The molecule has 0 saturated heterocycles. The molecule has 2 unspecified atom stereocenters. The number of carbonyl (C=O) groups excluding carboxylic acids is 1. The Morgan fingerprint density at radius 3 is 2.22 bits per heavy atom. The predicted molar refractivity (Wildman–Crippen MR) is 121 cm³/mol. The number of carboxylic acid groups (broad SMARTS) is 1. The van der Waals surface area contributed by atoms with Crippen molar-refractivity contribution in [1.82, 2.24) is 14.9 Å². The molecule has 7 heteroatoms. The van der Waals surface area contributed by atoms with Crippen molar-refractivity contribution in [2.45, 2.75) is 44.7 Å². The van der Waals surface area contributed by atoms with E-state index in [2.05, 4.69) is 22.4 Å². The van der Waals surface area contributed by atoms with Gasteiger partial charge in [-0.1, -0.05) is 62.4 Å². The summed E-state index contributed by atoms with van der Waals surface area (Å²) < 4.78 is 7.31. The third-order valence-electron chi connectivity index (χ3n) is 6.02. The van der Waals surface area contributed by atoms with Crippen LogP contribution in [-0.2, 0) is 9.53 Å². The van der Waals surface area contributed by atoms with Gasteiger partial charge in [-0.3, -0.25) is 0 Å². The first-order valence-electron chi connectivity index (χ1n) is 10.8. The average molecular weight is 434 g/mol. The monoisotopic (exact) mass is 433 g/mol. The summed E-state index contributed by atoms with van der Waals surface area (Å²) in [6.07, 6.45) is 2.62. The van der Waals surface area contributed by atoms with Crippen molar-refractivity contribution in [1.29, 1.82) is 0 Å². The average Bonchev–Trinajstić information content (AvgIpc) is 3.39. The van der Waals surface area contributed by atoms with E-state index in [0.717, 1.165) is 28.1 Å². The summed E-state index contributed by atoms with van der Waals surface area (Å²) in [7, 11) is 0. The van der Waals surface area contributed by atoms with Crippen molar-refractivity contribution in [3.05, 3.63) is 77.9 Å². The summed E-state index contributed by atoms with van der Waals surface area (Å²) in [4.78, 5) is 28.9. The first kappa shape index (κ1) is 21.6. The molecule has 0 aliphatic heterocycles. The molecule has 3 aromatic rings. The Hall–Kier alpha value is -3.61. The van der Waals surface area contributed by atoms with Crippen molar-refractivity contribution >= 4 is 12.1 Å². The number of nitrogens with one attached hydrogen (secondary N) is 1. The van der Waals surface area contributed by atoms with Crippen LogP contribution >= 0.6 is 0 Å². The first-order valence-corrected chi connectivity index (χ1v) is 10.8. The molecule has 0 spiro atoms. The maximum atomic E-state index is 12.6. The number of ether oxygens (including phenoxy) is 1. The number of aromatic nitrogens is 2. The Morgan fingerprint density at radius 2 is 1.66 bits per heavy atom. The number of hydrogen-bond donors (Lipinski definition) is 2. The minimum absolute atomic E-state index is 0.0879. The van der Waals surface area contributed by atoms with Crippen LogP contribution in [0.2, 0.25) is 0 Å². The molecule has 0 saturated carbocycles. The lowest BCUT2D eigenvalue weighted by Crippen LogP contribution is -2.46. The molecular weight excluding hydrogens is 406 g/mol. The topological polar surface area (TPSA) is 93.5 Å². The normalized spacial score (nSPS) is 14.5. The minimum Gasteiger partial charge on any atom is -0.480 e. The number of alkyl carbamates (subject to hydrolysis) is 1. The van der Waals surface area contributed by atoms with Gasteiger partial charge in [0.1, 0.15) is 18.5 Å². The van der Waals surface area contributed by atoms with Crippen LogP contribution in [0.1, 0.15) is 55.6 Å². The van der Waals surface area contributed by atoms with E-state index >= 15 is 0 Å². The van der Waals surface area contributed by atoms with Gasteiger partial charge in [-0.25, -0.2) is 14.6 Å². The maximum absolute atomic E-state index is 12.6. The second kappa shape index (κ2) is 8.86. The zero-order valence-corrected chi connectivity index (χ0v) is 18.4. The third-order valence-corrected chi connectivity index (χ3v) is 6.02. The van der Waals surface area contributed by atoms with Crippen LogP contribution in [0.3, 0.4) is 0 Å². The SMILES string of the molecule is CC(C)c1nccn1C(C)C(NC(=O)OCC1c2ccccc2-c2ccccc21)C(=O)O. The number of imidazole rings is 1. The molecule has 1 amide bonds. The Kier molecular flexibility index (Phi) is 5.99. The van der Waals surface area contributed by atoms with Crippen molar-refractivity contribution in [3.63, 3.8) is 0 Å². The molecule has 7 nitrogen and oxygen atoms in total. The molecule has 0 bridgehead atoms. The summed E-state index contributed by atoms with van der Waals surface area (Å²) in [6.45, 7) is 5.85. The molecule has 4 rings (SSSR count). The first-order chi connectivity index (χ1) is 15.4. The van der Waals surface area contributed by atoms with E-state index in [9.17, 15) is 14.7 Å². The Bertz CT molecular complexity index is 1090. The van der Waals surface area contributed by atoms with Gasteiger partial charge < -0.3 is 19.7 Å². The number of benzene rings is 2. The summed E-state index contributed by atoms with van der Waals surface area (Å²) >= 11 is 0. The van der Waals surface area contributed by atoms with E-state index in [1.54, 1.807) is 23.9 Å². The number of amides is 1. The van der Waals surface area contributed by atoms with Gasteiger partial charge in [0.05, 0.1) is 6.04 Å². The van der Waals surface area contributed by atoms with Crippen molar-refractivity contribution < 1.29 is 19.4 Å². The van der Waals surface area contributed by atoms with Crippen molar-refractivity contribution in [2.75, 3.05) is 6.61 Å². The molecule has 1 aliphatic carbocycles. The lowest BCUT2D eigenvalue weighted by Gasteiger charge is -2.25. The van der Waals surface area contributed by atoms with E-state index in [0.29, 0.717) is 0 Å². The van der Waals surface area contributed by atoms with Gasteiger partial charge in [0.15, 0.2) is 0 Å². The standard InChI is InChI=1S/C25H27N3O4/c1-15(2)23-26-12-13-28(23)16(3)22(24(29)30)27-25(31)32-14-21-19-10-6-4-8-17(19)18-9-5-7-11-20(18)21/h4-13,15-16,21-22H,14H2,1-3H3,(H,27,31)(H,29,30). The molecular formula is C25H27N3O4. The van der Waals surface area contributed by atoms with Crippen molar-refractivity contribution in [2.24, 2.45) is 0 Å². The van der Waals surface area contributed by atoms with Crippen LogP contribution in [0, 0.1) is 0 Å². The quantitative estimate of drug-likeness (QED) is 0.570. The van der Waals surface area contributed by atoms with Crippen LogP contribution in [0.15, 0.2) is 60.9 Å². The zero-order valence-electron chi connectivity index (χ0n) is 18.4. The highest BCUT2D eigenvalue weighted by atomic mass is 16.5. The number of rotatable bonds is 7. The van der Waals surface area contributed by atoms with Gasteiger partial charge in [0, 0.05) is 24.2 Å². The molecule has 0 fully saturated rings. The van der Waals surface area contributed by atoms with Gasteiger partial charge in [-0.05, 0) is 29.2 Å². The third kappa shape index (κ3) is 3.98. The lowest BCUT2D eigenvalue weighted by atomic mass is 9.98. The molecule has 32 heavy (non-hydrogen) atoms. The number of fused-ring (bicyclic) bond motifs is 3. The Balaban J connectivity index is 1.47. The van der Waals surface area contributed by atoms with E-state index < -0.39 is 24.1 Å². The Morgan fingerprint density at radius 1 is 1.06 bits per heavy atom. The van der Waals surface area contributed by atoms with E-state index in [4.69, 9.17) is 4.74 Å². The maximum Gasteiger partial charge on any atom is 0.407 e. The number of nitrogens with zero attached hydrogens (tertiary/aromatic N) is 2. The summed E-state index contributed by atoms with van der Waals surface area (Å²) in [6, 6.07) is 14.4. The fourth-order valence-electron chi connectivity index (χ4n) is 4.43. The second-order valence-corrected chi connectivity index (χ2v) is 8.37. The molecule has 2 aromatic carbocycles. The van der Waals surface area contributed by atoms with Gasteiger partial charge in [0.25, 0.3) is 0 Å². The summed E-state index contributed by atoms with van der Waals surface area (Å²) in [5.74, 6) is -0.334. The van der Waals surface area contributed by atoms with Gasteiger partial charge in [-0.15, -0.1) is 0 Å². The fourth-order valence-corrected chi connectivity index (χ4v) is 4.43. The number of hydrogen-bond acceptors (Lipinski definition) is 4. The molecule has 1 aliphatic rings. The van der Waals surface area contributed by atoms with Crippen LogP contribution in [0.25, 0.3) is 11.1 Å². The largest absolute Gasteiger partial charge is 0.480 e. The number of aliphatic carboxylic acids is 1. The van der Waals surface area contributed by atoms with E-state index in [-0.39, 0.29) is 18.4 Å². The second-order valence-electron chi connectivity index (χ2n) is 8.37. The van der Waals surface area contributed by atoms with Crippen LogP contribution in [-0.4, -0.2) is 39.4 Å². The molecule has 2 atom stereocenters. The van der Waals surface area contributed by atoms with Crippen molar-refractivity contribution in [3.8, 4) is 11.1 Å². The smallest absolute Gasteiger partial charge is 0.407 e. The molecule has 2 N–H and O–H groups in total. The summed E-state index contributed by atoms with van der Waals surface area (Å²) in [5, 5.41) is 12.3. The molecule has 166 valence electrons. The predicted octanol–water partition coefficient (Wildman–Crippen LogP) is 4.56. The highest BCUT2D eigenvalue weighted by molar-refractivity contribution is 5.81. The van der Waals surface area contributed by atoms with E-state index in [1.165, 1.54) is 0 Å². The zero-order chi connectivity index (χ0) is 22.8. The van der Waals surface area contributed by atoms with Crippen LogP contribution in [0.4, 0.5) is 4.79 Å². The highest BCUT2D eigenvalue weighted by Gasteiger charge is 2.32. The van der Waals surface area contributed by atoms with Crippen LogP contribution in [0.5, 0.6) is 0 Å². The molecule has 1 heterocycles. The van der Waals surface area contributed by atoms with Gasteiger partial charge >= 0.3 is 12.1 Å². The Labute approximate surface area is 187 Å². The van der Waals surface area contributed by atoms with Gasteiger partial charge in [-0.2, -0.15) is 0 Å². The fraction of sp³-hybridized carbons (Fsp3) is 0.320. The highest BCUT2D eigenvalue weighted by Crippen LogP contribution is 2.44. The number of carbonyl (C=O) groups is 2. The van der Waals surface area contributed by atoms with Gasteiger partial charge in [0.2, 0.25) is 0 Å². The van der Waals surface area contributed by atoms with Crippen LogP contribution < -0.4 is 5.32 Å². The lowest BCUT2D eigenvalue weighted by molar-refractivity contribution is -0.140. The molecule has 0 radical (unpaired) electrons. The van der Waals surface area contributed by atoms with E-state index in [1.807, 2.05) is 50.2 Å². The number of carboxylic acids is 1. The minimum atomic E-state index is -1.16. The molecule has 1 aromatic heterocycles.